The summed E-state index contributed by atoms with van der Waals surface area (Å²) >= 11 is 5.08. The van der Waals surface area contributed by atoms with Crippen molar-refractivity contribution in [2.24, 2.45) is 5.92 Å². The van der Waals surface area contributed by atoms with Gasteiger partial charge in [-0.2, -0.15) is 0 Å². The van der Waals surface area contributed by atoms with Crippen molar-refractivity contribution in [2.75, 3.05) is 6.61 Å². The van der Waals surface area contributed by atoms with Gasteiger partial charge in [0.1, 0.15) is 5.60 Å². The Labute approximate surface area is 195 Å². The third-order valence-corrected chi connectivity index (χ3v) is 8.42. The van der Waals surface area contributed by atoms with E-state index in [1.165, 1.54) is 12.1 Å². The molecule has 4 bridgehead atoms. The van der Waals surface area contributed by atoms with Crippen LogP contribution in [0.2, 0.25) is 0 Å². The van der Waals surface area contributed by atoms with E-state index in [2.05, 4.69) is 45.2 Å². The summed E-state index contributed by atoms with van der Waals surface area (Å²) < 4.78 is 37.2. The van der Waals surface area contributed by atoms with Crippen LogP contribution in [0.5, 0.6) is 0 Å². The Hall–Kier alpha value is -0.520. The smallest absolute Gasteiger partial charge is 0.339 e. The molecule has 29 heavy (non-hydrogen) atoms. The first-order chi connectivity index (χ1) is 13.4. The van der Waals surface area contributed by atoms with Crippen LogP contribution in [0.3, 0.4) is 0 Å². The van der Waals surface area contributed by atoms with Crippen molar-refractivity contribution >= 4 is 57.1 Å². The highest BCUT2D eigenvalue weighted by Gasteiger charge is 2.63. The van der Waals surface area contributed by atoms with Gasteiger partial charge in [0, 0.05) is 26.6 Å². The Balaban J connectivity index is 1.55. The van der Waals surface area contributed by atoms with E-state index in [9.17, 15) is 18.4 Å². The van der Waals surface area contributed by atoms with Gasteiger partial charge in [-0.1, -0.05) is 57.3 Å². The molecule has 0 heterocycles. The normalized spacial score (nSPS) is 35.4. The van der Waals surface area contributed by atoms with Gasteiger partial charge in [0.25, 0.3) is 5.92 Å². The minimum absolute atomic E-state index is 0.0418. The van der Waals surface area contributed by atoms with Crippen LogP contribution in [0, 0.1) is 5.92 Å². The molecule has 1 aromatic carbocycles. The molecule has 0 spiro atoms. The number of benzene rings is 1. The van der Waals surface area contributed by atoms with Crippen molar-refractivity contribution in [2.45, 2.75) is 63.8 Å². The standard InChI is InChI=1S/C21H22F2I2O4/c1-18(22,23)12-28-16(26)14-4-2-3-5-15(14)17(27)29-21-8-13-6-19(24,10-21)9-20(25,7-13)11-21/h2-5,13H,6-12H2,1H3. The summed E-state index contributed by atoms with van der Waals surface area (Å²) in [6.07, 6.45) is 5.94. The van der Waals surface area contributed by atoms with Crippen molar-refractivity contribution in [1.29, 1.82) is 0 Å². The van der Waals surface area contributed by atoms with Crippen LogP contribution in [0.15, 0.2) is 24.3 Å². The van der Waals surface area contributed by atoms with Gasteiger partial charge < -0.3 is 9.47 Å². The van der Waals surface area contributed by atoms with Gasteiger partial charge in [-0.3, -0.25) is 0 Å². The van der Waals surface area contributed by atoms with Gasteiger partial charge in [-0.15, -0.1) is 0 Å². The van der Waals surface area contributed by atoms with Crippen molar-refractivity contribution in [3.05, 3.63) is 35.4 Å². The summed E-state index contributed by atoms with van der Waals surface area (Å²) in [6.45, 7) is -0.358. The number of carbonyl (C=O) groups is 2. The molecule has 2 unspecified atom stereocenters. The predicted octanol–water partition coefficient (Wildman–Crippen LogP) is 5.74. The van der Waals surface area contributed by atoms with Gasteiger partial charge in [0.15, 0.2) is 6.61 Å². The quantitative estimate of drug-likeness (QED) is 0.237. The molecule has 0 amide bonds. The fraction of sp³-hybridized carbons (Fsp3) is 0.619. The van der Waals surface area contributed by atoms with Crippen LogP contribution in [0.25, 0.3) is 0 Å². The molecule has 4 aliphatic carbocycles. The highest BCUT2D eigenvalue weighted by molar-refractivity contribution is 14.1. The molecule has 0 saturated heterocycles. The van der Waals surface area contributed by atoms with Crippen LogP contribution in [-0.4, -0.2) is 36.9 Å². The highest BCUT2D eigenvalue weighted by Crippen LogP contribution is 2.66. The molecule has 158 valence electrons. The molecule has 4 saturated carbocycles. The van der Waals surface area contributed by atoms with E-state index in [-0.39, 0.29) is 18.0 Å². The minimum Gasteiger partial charge on any atom is -0.456 e. The summed E-state index contributed by atoms with van der Waals surface area (Å²) in [7, 11) is 0. The Morgan fingerprint density at radius 1 is 1.03 bits per heavy atom. The van der Waals surface area contributed by atoms with Gasteiger partial charge in [0.2, 0.25) is 0 Å². The van der Waals surface area contributed by atoms with E-state index >= 15 is 0 Å². The molecule has 2 atom stereocenters. The third-order valence-electron chi connectivity index (χ3n) is 6.01. The van der Waals surface area contributed by atoms with Crippen molar-refractivity contribution in [3.8, 4) is 0 Å². The second kappa shape index (κ2) is 7.27. The maximum atomic E-state index is 13.1. The molecular formula is C21H22F2I2O4. The second-order valence-electron chi connectivity index (χ2n) is 9.07. The Kier molecular flexibility index (Phi) is 5.44. The SMILES string of the molecule is CC(F)(F)COC(=O)c1ccccc1C(=O)OC12CC3CC(I)(CC(I)(C3)C1)C2. The van der Waals surface area contributed by atoms with E-state index in [1.54, 1.807) is 12.1 Å². The van der Waals surface area contributed by atoms with Gasteiger partial charge in [-0.05, 0) is 43.7 Å². The lowest BCUT2D eigenvalue weighted by atomic mass is 9.54. The van der Waals surface area contributed by atoms with Crippen molar-refractivity contribution in [1.82, 2.24) is 0 Å². The number of rotatable bonds is 5. The first kappa shape index (κ1) is 21.7. The van der Waals surface area contributed by atoms with Crippen LogP contribution >= 0.6 is 45.2 Å². The molecule has 8 heteroatoms. The lowest BCUT2D eigenvalue weighted by molar-refractivity contribution is -0.107. The fourth-order valence-electron chi connectivity index (χ4n) is 5.59. The van der Waals surface area contributed by atoms with Crippen LogP contribution in [0.4, 0.5) is 8.78 Å². The zero-order valence-corrected chi connectivity index (χ0v) is 20.3. The van der Waals surface area contributed by atoms with E-state index in [4.69, 9.17) is 9.47 Å². The second-order valence-corrected chi connectivity index (χ2v) is 13.7. The predicted molar refractivity (Wildman–Crippen MR) is 120 cm³/mol. The summed E-state index contributed by atoms with van der Waals surface area (Å²) in [4.78, 5) is 25.4. The molecule has 0 aromatic heterocycles. The fourth-order valence-corrected chi connectivity index (χ4v) is 10.4. The summed E-state index contributed by atoms with van der Waals surface area (Å²) in [5.41, 5.74) is -0.496. The first-order valence-corrected chi connectivity index (χ1v) is 11.8. The van der Waals surface area contributed by atoms with E-state index in [0.29, 0.717) is 12.8 Å². The zero-order valence-electron chi connectivity index (χ0n) is 16.0. The number of alkyl halides is 4. The Bertz CT molecular complexity index is 835. The number of hydrogen-bond acceptors (Lipinski definition) is 4. The number of esters is 2. The summed E-state index contributed by atoms with van der Waals surface area (Å²) in [6, 6.07) is 6.10. The number of halogens is 4. The Morgan fingerprint density at radius 3 is 2.10 bits per heavy atom. The van der Waals surface area contributed by atoms with Crippen LogP contribution in [-0.2, 0) is 9.47 Å². The zero-order chi connectivity index (χ0) is 21.1. The third kappa shape index (κ3) is 4.57. The lowest BCUT2D eigenvalue weighted by Crippen LogP contribution is -2.63. The maximum absolute atomic E-state index is 13.1. The van der Waals surface area contributed by atoms with E-state index < -0.39 is 30.1 Å². The van der Waals surface area contributed by atoms with Crippen LogP contribution < -0.4 is 0 Å². The molecule has 4 nitrogen and oxygen atoms in total. The molecule has 4 fully saturated rings. The number of ether oxygens (including phenoxy) is 2. The molecule has 0 N–H and O–H groups in total. The van der Waals surface area contributed by atoms with Crippen molar-refractivity contribution < 1.29 is 27.8 Å². The van der Waals surface area contributed by atoms with Gasteiger partial charge in [-0.25, -0.2) is 18.4 Å². The largest absolute Gasteiger partial charge is 0.456 e. The van der Waals surface area contributed by atoms with E-state index in [0.717, 1.165) is 38.5 Å². The highest BCUT2D eigenvalue weighted by atomic mass is 127. The molecule has 0 aliphatic heterocycles. The van der Waals surface area contributed by atoms with E-state index in [1.807, 2.05) is 0 Å². The molecule has 0 radical (unpaired) electrons. The average Bonchev–Trinajstić information content (AvgIpc) is 2.55. The van der Waals surface area contributed by atoms with Gasteiger partial charge in [0.05, 0.1) is 11.1 Å². The number of carbonyl (C=O) groups excluding carboxylic acids is 2. The molecule has 1 aromatic rings. The molecule has 4 aliphatic rings. The maximum Gasteiger partial charge on any atom is 0.339 e. The molecule has 5 rings (SSSR count). The summed E-state index contributed by atoms with van der Waals surface area (Å²) in [5.74, 6) is -4.11. The minimum atomic E-state index is -3.13. The summed E-state index contributed by atoms with van der Waals surface area (Å²) in [5, 5.41) is 0. The Morgan fingerprint density at radius 2 is 1.59 bits per heavy atom. The van der Waals surface area contributed by atoms with Crippen molar-refractivity contribution in [3.63, 3.8) is 0 Å². The number of hydrogen-bond donors (Lipinski definition) is 0. The van der Waals surface area contributed by atoms with Gasteiger partial charge >= 0.3 is 11.9 Å². The molecular weight excluding hydrogens is 608 g/mol. The average molecular weight is 630 g/mol. The monoisotopic (exact) mass is 630 g/mol. The first-order valence-electron chi connectivity index (χ1n) is 9.65. The van der Waals surface area contributed by atoms with Crippen LogP contribution in [0.1, 0.15) is 66.2 Å². The topological polar surface area (TPSA) is 52.6 Å². The lowest BCUT2D eigenvalue weighted by Gasteiger charge is -2.62.